The molecule has 2 aromatic rings. The minimum atomic E-state index is -0.512. The second kappa shape index (κ2) is 4.77. The number of Topliss-reactive ketones (excluding diaryl/α,β-unsaturated/α-hetero) is 1. The second-order valence-corrected chi connectivity index (χ2v) is 5.29. The number of carbonyl (C=O) groups is 1. The zero-order valence-corrected chi connectivity index (χ0v) is 10.9. The molecule has 0 saturated carbocycles. The standard InChI is InChI=1S/C12H7ClN2O2S/c1-6(16)8-4-7(5-14)12(17)15-11(8)9-2-3-10(13)18-9/h2-4H,1H3,(H,15,17). The van der Waals surface area contributed by atoms with Crippen molar-refractivity contribution in [3.63, 3.8) is 0 Å². The van der Waals surface area contributed by atoms with Gasteiger partial charge >= 0.3 is 0 Å². The number of aromatic nitrogens is 1. The van der Waals surface area contributed by atoms with Crippen LogP contribution in [-0.4, -0.2) is 10.8 Å². The topological polar surface area (TPSA) is 73.7 Å². The van der Waals surface area contributed by atoms with Gasteiger partial charge < -0.3 is 4.98 Å². The summed E-state index contributed by atoms with van der Waals surface area (Å²) in [5, 5.41) is 8.79. The van der Waals surface area contributed by atoms with E-state index in [2.05, 4.69) is 4.98 Å². The first-order valence-electron chi connectivity index (χ1n) is 4.97. The van der Waals surface area contributed by atoms with E-state index in [9.17, 15) is 9.59 Å². The summed E-state index contributed by atoms with van der Waals surface area (Å²) in [4.78, 5) is 26.4. The Morgan fingerprint density at radius 1 is 1.50 bits per heavy atom. The first-order chi connectivity index (χ1) is 8.52. The minimum Gasteiger partial charge on any atom is -0.319 e. The molecule has 4 nitrogen and oxygen atoms in total. The van der Waals surface area contributed by atoms with E-state index >= 15 is 0 Å². The number of nitriles is 1. The number of hydrogen-bond acceptors (Lipinski definition) is 4. The van der Waals surface area contributed by atoms with Crippen LogP contribution >= 0.6 is 22.9 Å². The summed E-state index contributed by atoms with van der Waals surface area (Å²) in [6.45, 7) is 1.38. The van der Waals surface area contributed by atoms with Gasteiger partial charge in [-0.3, -0.25) is 9.59 Å². The molecule has 0 bridgehead atoms. The number of rotatable bonds is 2. The van der Waals surface area contributed by atoms with Crippen LogP contribution in [0.15, 0.2) is 23.0 Å². The molecule has 0 aliphatic carbocycles. The van der Waals surface area contributed by atoms with E-state index in [0.717, 1.165) is 0 Å². The van der Waals surface area contributed by atoms with E-state index in [1.807, 2.05) is 0 Å². The molecule has 0 radical (unpaired) electrons. The number of hydrogen-bond donors (Lipinski definition) is 1. The maximum absolute atomic E-state index is 11.6. The third-order valence-electron chi connectivity index (χ3n) is 2.36. The van der Waals surface area contributed by atoms with E-state index in [1.165, 1.54) is 24.3 Å². The van der Waals surface area contributed by atoms with Gasteiger partial charge in [0.15, 0.2) is 5.78 Å². The lowest BCUT2D eigenvalue weighted by atomic mass is 10.1. The lowest BCUT2D eigenvalue weighted by Crippen LogP contribution is -2.14. The number of thiophene rings is 1. The molecule has 6 heteroatoms. The molecule has 0 aliphatic heterocycles. The maximum Gasteiger partial charge on any atom is 0.266 e. The Kier molecular flexibility index (Phi) is 3.32. The molecule has 2 heterocycles. The first kappa shape index (κ1) is 12.6. The molecule has 1 N–H and O–H groups in total. The van der Waals surface area contributed by atoms with Crippen LogP contribution in [0.5, 0.6) is 0 Å². The van der Waals surface area contributed by atoms with Crippen molar-refractivity contribution >= 4 is 28.7 Å². The summed E-state index contributed by atoms with van der Waals surface area (Å²) >= 11 is 7.08. The third-order valence-corrected chi connectivity index (χ3v) is 3.61. The Morgan fingerprint density at radius 2 is 2.22 bits per heavy atom. The highest BCUT2D eigenvalue weighted by molar-refractivity contribution is 7.19. The number of H-pyrrole nitrogens is 1. The summed E-state index contributed by atoms with van der Waals surface area (Å²) in [5.74, 6) is -0.220. The molecule has 0 unspecified atom stereocenters. The Balaban J connectivity index is 2.74. The Morgan fingerprint density at radius 3 is 2.72 bits per heavy atom. The van der Waals surface area contributed by atoms with E-state index < -0.39 is 5.56 Å². The van der Waals surface area contributed by atoms with Crippen molar-refractivity contribution in [1.82, 2.24) is 4.98 Å². The third kappa shape index (κ3) is 2.21. The van der Waals surface area contributed by atoms with Gasteiger partial charge in [-0.2, -0.15) is 5.26 Å². The van der Waals surface area contributed by atoms with Gasteiger partial charge in [-0.25, -0.2) is 0 Å². The predicted octanol–water partition coefficient (Wildman–Crippen LogP) is 2.83. The highest BCUT2D eigenvalue weighted by atomic mass is 35.5. The normalized spacial score (nSPS) is 10.1. The van der Waals surface area contributed by atoms with Crippen LogP contribution in [0.25, 0.3) is 10.6 Å². The molecule has 0 spiro atoms. The van der Waals surface area contributed by atoms with Gasteiger partial charge in [-0.05, 0) is 25.1 Å². The van der Waals surface area contributed by atoms with Gasteiger partial charge in [0.2, 0.25) is 0 Å². The van der Waals surface area contributed by atoms with Crippen LogP contribution in [0.2, 0.25) is 4.34 Å². The molecule has 90 valence electrons. The average Bonchev–Trinajstić information content (AvgIpc) is 2.75. The number of nitrogens with zero attached hydrogens (tertiary/aromatic N) is 1. The molecule has 18 heavy (non-hydrogen) atoms. The number of aromatic amines is 1. The summed E-state index contributed by atoms with van der Waals surface area (Å²) < 4.78 is 0.560. The first-order valence-corrected chi connectivity index (χ1v) is 6.16. The quantitative estimate of drug-likeness (QED) is 0.859. The van der Waals surface area contributed by atoms with Gasteiger partial charge in [-0.1, -0.05) is 11.6 Å². The smallest absolute Gasteiger partial charge is 0.266 e. The summed E-state index contributed by atoms with van der Waals surface area (Å²) in [7, 11) is 0. The summed E-state index contributed by atoms with van der Waals surface area (Å²) in [6, 6.07) is 6.47. The predicted molar refractivity (Wildman–Crippen MR) is 70.1 cm³/mol. The van der Waals surface area contributed by atoms with Crippen molar-refractivity contribution in [2.24, 2.45) is 0 Å². The number of nitrogens with one attached hydrogen (secondary N) is 1. The fraction of sp³-hybridized carbons (Fsp3) is 0.0833. The second-order valence-electron chi connectivity index (χ2n) is 3.57. The molecule has 0 aromatic carbocycles. The molecule has 0 saturated heterocycles. The zero-order chi connectivity index (χ0) is 13.3. The molecule has 0 aliphatic rings. The van der Waals surface area contributed by atoms with Crippen LogP contribution in [0.3, 0.4) is 0 Å². The van der Waals surface area contributed by atoms with Crippen LogP contribution in [0.4, 0.5) is 0 Å². The number of halogens is 1. The van der Waals surface area contributed by atoms with Gasteiger partial charge in [0.05, 0.1) is 14.9 Å². The van der Waals surface area contributed by atoms with Crippen molar-refractivity contribution in [3.8, 4) is 16.6 Å². The van der Waals surface area contributed by atoms with Gasteiger partial charge in [-0.15, -0.1) is 11.3 Å². The molecular formula is C12H7ClN2O2S. The van der Waals surface area contributed by atoms with Crippen molar-refractivity contribution in [2.75, 3.05) is 0 Å². The van der Waals surface area contributed by atoms with Crippen LogP contribution in [0.1, 0.15) is 22.8 Å². The van der Waals surface area contributed by atoms with Crippen molar-refractivity contribution in [2.45, 2.75) is 6.92 Å². The number of ketones is 1. The van der Waals surface area contributed by atoms with Gasteiger partial charge in [0.25, 0.3) is 5.56 Å². The SMILES string of the molecule is CC(=O)c1cc(C#N)c(=O)[nH]c1-c1ccc(Cl)s1. The van der Waals surface area contributed by atoms with E-state index in [1.54, 1.807) is 18.2 Å². The number of carbonyl (C=O) groups excluding carboxylic acids is 1. The van der Waals surface area contributed by atoms with Crippen molar-refractivity contribution in [1.29, 1.82) is 5.26 Å². The average molecular weight is 279 g/mol. The Bertz CT molecular complexity index is 724. The molecule has 0 amide bonds. The highest BCUT2D eigenvalue weighted by Crippen LogP contribution is 2.31. The summed E-state index contributed by atoms with van der Waals surface area (Å²) in [6.07, 6.45) is 0. The monoisotopic (exact) mass is 278 g/mol. The van der Waals surface area contributed by atoms with Crippen LogP contribution < -0.4 is 5.56 Å². The Labute approximate surface area is 111 Å². The lowest BCUT2D eigenvalue weighted by Gasteiger charge is -2.04. The summed E-state index contributed by atoms with van der Waals surface area (Å²) in [5.41, 5.74) is 0.127. The maximum atomic E-state index is 11.6. The van der Waals surface area contributed by atoms with E-state index in [0.29, 0.717) is 20.5 Å². The fourth-order valence-electron chi connectivity index (χ4n) is 1.53. The van der Waals surface area contributed by atoms with Crippen molar-refractivity contribution < 1.29 is 4.79 Å². The molecule has 2 rings (SSSR count). The zero-order valence-electron chi connectivity index (χ0n) is 9.28. The lowest BCUT2D eigenvalue weighted by molar-refractivity contribution is 0.101. The van der Waals surface area contributed by atoms with Crippen LogP contribution in [-0.2, 0) is 0 Å². The van der Waals surface area contributed by atoms with Gasteiger partial charge in [0, 0.05) is 5.56 Å². The van der Waals surface area contributed by atoms with Crippen LogP contribution in [0, 0.1) is 11.3 Å². The minimum absolute atomic E-state index is 0.0772. The van der Waals surface area contributed by atoms with E-state index in [4.69, 9.17) is 16.9 Å². The molecule has 0 fully saturated rings. The molecule has 0 atom stereocenters. The number of pyridine rings is 1. The highest BCUT2D eigenvalue weighted by Gasteiger charge is 2.15. The van der Waals surface area contributed by atoms with Crippen molar-refractivity contribution in [3.05, 3.63) is 44.0 Å². The van der Waals surface area contributed by atoms with E-state index in [-0.39, 0.29) is 11.3 Å². The fourth-order valence-corrected chi connectivity index (χ4v) is 2.59. The largest absolute Gasteiger partial charge is 0.319 e. The molecular weight excluding hydrogens is 272 g/mol. The van der Waals surface area contributed by atoms with Gasteiger partial charge in [0.1, 0.15) is 11.6 Å². The molecule has 2 aromatic heterocycles. The Hall–Kier alpha value is -1.90.